The topological polar surface area (TPSA) is 114 Å². The fourth-order valence-electron chi connectivity index (χ4n) is 3.18. The number of alkyl halides is 3. The van der Waals surface area contributed by atoms with Crippen LogP contribution < -0.4 is 11.1 Å². The highest BCUT2D eigenvalue weighted by Gasteiger charge is 2.30. The molecule has 2 aromatic carbocycles. The number of carbonyl (C=O) groups excluding carboxylic acids is 1. The van der Waals surface area contributed by atoms with E-state index in [0.29, 0.717) is 29.8 Å². The summed E-state index contributed by atoms with van der Waals surface area (Å²) in [6.45, 7) is 0.0866. The normalized spacial score (nSPS) is 14.8. The van der Waals surface area contributed by atoms with Gasteiger partial charge in [-0.25, -0.2) is 8.42 Å². The Kier molecular flexibility index (Phi) is 9.45. The molecule has 8 nitrogen and oxygen atoms in total. The third-order valence-corrected chi connectivity index (χ3v) is 6.85. The van der Waals surface area contributed by atoms with Gasteiger partial charge in [-0.1, -0.05) is 17.3 Å². The van der Waals surface area contributed by atoms with Gasteiger partial charge in [-0.15, -0.1) is 12.4 Å². The SMILES string of the molecule is Cl.NCC(=O)Nc1ccc(S(=O)(=O)N2CCC(=NOCc3cccc(C(F)(F)F)c3)CC2)cc1. The molecule has 34 heavy (non-hydrogen) atoms. The third kappa shape index (κ3) is 7.16. The maximum Gasteiger partial charge on any atom is 0.416 e. The van der Waals surface area contributed by atoms with E-state index in [-0.39, 0.29) is 49.5 Å². The number of nitrogens with one attached hydrogen (secondary N) is 1. The summed E-state index contributed by atoms with van der Waals surface area (Å²) in [6, 6.07) is 10.6. The van der Waals surface area contributed by atoms with Crippen LogP contribution in [0.3, 0.4) is 0 Å². The molecule has 0 atom stereocenters. The molecule has 0 bridgehead atoms. The second-order valence-electron chi connectivity index (χ2n) is 7.31. The number of carbonyl (C=O) groups is 1. The molecule has 0 saturated carbocycles. The van der Waals surface area contributed by atoms with Crippen molar-refractivity contribution in [1.29, 1.82) is 0 Å². The smallest absolute Gasteiger partial charge is 0.391 e. The Hall–Kier alpha value is -2.67. The van der Waals surface area contributed by atoms with Gasteiger partial charge in [0, 0.05) is 31.6 Å². The highest BCUT2D eigenvalue weighted by Crippen LogP contribution is 2.29. The van der Waals surface area contributed by atoms with Gasteiger partial charge in [-0.05, 0) is 42.0 Å². The van der Waals surface area contributed by atoms with Crippen LogP contribution in [0.2, 0.25) is 0 Å². The number of sulfonamides is 1. The van der Waals surface area contributed by atoms with Crippen LogP contribution in [0.25, 0.3) is 0 Å². The van der Waals surface area contributed by atoms with Gasteiger partial charge in [0.15, 0.2) is 0 Å². The van der Waals surface area contributed by atoms with Crippen LogP contribution in [0.15, 0.2) is 58.6 Å². The van der Waals surface area contributed by atoms with Crippen LogP contribution >= 0.6 is 12.4 Å². The van der Waals surface area contributed by atoms with Gasteiger partial charge in [0.1, 0.15) is 6.61 Å². The van der Waals surface area contributed by atoms with E-state index in [4.69, 9.17) is 10.6 Å². The van der Waals surface area contributed by atoms with Crippen molar-refractivity contribution in [2.45, 2.75) is 30.5 Å². The van der Waals surface area contributed by atoms with Crippen molar-refractivity contribution in [1.82, 2.24) is 4.31 Å². The van der Waals surface area contributed by atoms with Crippen molar-refractivity contribution < 1.29 is 31.2 Å². The first-order valence-corrected chi connectivity index (χ1v) is 11.5. The summed E-state index contributed by atoms with van der Waals surface area (Å²) in [4.78, 5) is 16.6. The minimum Gasteiger partial charge on any atom is -0.391 e. The molecule has 1 fully saturated rings. The zero-order valence-electron chi connectivity index (χ0n) is 17.9. The van der Waals surface area contributed by atoms with E-state index in [2.05, 4.69) is 10.5 Å². The molecule has 0 spiro atoms. The molecule has 1 amide bonds. The number of nitrogens with two attached hydrogens (primary N) is 1. The number of oxime groups is 1. The highest BCUT2D eigenvalue weighted by atomic mass is 35.5. The van der Waals surface area contributed by atoms with Crippen LogP contribution in [0, 0.1) is 0 Å². The monoisotopic (exact) mass is 520 g/mol. The fraction of sp³-hybridized carbons (Fsp3) is 0.333. The van der Waals surface area contributed by atoms with E-state index in [1.54, 1.807) is 0 Å². The summed E-state index contributed by atoms with van der Waals surface area (Å²) < 4.78 is 65.4. The molecule has 1 aliphatic heterocycles. The Morgan fingerprint density at radius 3 is 2.35 bits per heavy atom. The molecular weight excluding hydrogens is 497 g/mol. The molecule has 1 heterocycles. The molecule has 1 aliphatic rings. The quantitative estimate of drug-likeness (QED) is 0.543. The Bertz CT molecular complexity index is 1120. The lowest BCUT2D eigenvalue weighted by Gasteiger charge is -2.26. The summed E-state index contributed by atoms with van der Waals surface area (Å²) >= 11 is 0. The van der Waals surface area contributed by atoms with E-state index in [1.165, 1.54) is 40.7 Å². The minimum atomic E-state index is -4.43. The zero-order valence-corrected chi connectivity index (χ0v) is 19.5. The number of halogens is 4. The summed E-state index contributed by atoms with van der Waals surface area (Å²) in [5, 5.41) is 6.51. The molecular formula is C21H24ClF3N4O4S. The molecule has 3 rings (SSSR count). The summed E-state index contributed by atoms with van der Waals surface area (Å²) in [5.74, 6) is -0.385. The van der Waals surface area contributed by atoms with Gasteiger partial charge in [-0.2, -0.15) is 17.5 Å². The van der Waals surface area contributed by atoms with E-state index in [1.807, 2.05) is 0 Å². The maximum atomic E-state index is 12.9. The highest BCUT2D eigenvalue weighted by molar-refractivity contribution is 7.89. The lowest BCUT2D eigenvalue weighted by Crippen LogP contribution is -2.38. The summed E-state index contributed by atoms with van der Waals surface area (Å²) in [5.41, 5.74) is 5.88. The predicted octanol–water partition coefficient (Wildman–Crippen LogP) is 3.38. The first-order chi connectivity index (χ1) is 15.6. The van der Waals surface area contributed by atoms with Gasteiger partial charge in [0.25, 0.3) is 0 Å². The molecule has 0 aromatic heterocycles. The number of piperidine rings is 1. The Balaban J connectivity index is 0.00000408. The largest absolute Gasteiger partial charge is 0.416 e. The van der Waals surface area contributed by atoms with Crippen molar-refractivity contribution in [3.8, 4) is 0 Å². The van der Waals surface area contributed by atoms with Gasteiger partial charge in [0.2, 0.25) is 15.9 Å². The second kappa shape index (κ2) is 11.6. The molecule has 186 valence electrons. The van der Waals surface area contributed by atoms with Gasteiger partial charge in [0.05, 0.1) is 22.7 Å². The summed E-state index contributed by atoms with van der Waals surface area (Å²) in [6.07, 6.45) is -3.75. The first kappa shape index (κ1) is 27.6. The van der Waals surface area contributed by atoms with Crippen molar-refractivity contribution in [3.63, 3.8) is 0 Å². The number of rotatable bonds is 7. The van der Waals surface area contributed by atoms with Crippen molar-refractivity contribution >= 4 is 39.7 Å². The number of hydrogen-bond acceptors (Lipinski definition) is 6. The van der Waals surface area contributed by atoms with Crippen LogP contribution in [-0.2, 0) is 32.4 Å². The Morgan fingerprint density at radius 2 is 1.76 bits per heavy atom. The van der Waals surface area contributed by atoms with Crippen LogP contribution in [0.5, 0.6) is 0 Å². The molecule has 13 heteroatoms. The molecule has 0 unspecified atom stereocenters. The van der Waals surface area contributed by atoms with Crippen molar-refractivity contribution in [2.75, 3.05) is 25.0 Å². The fourth-order valence-corrected chi connectivity index (χ4v) is 4.62. The number of amides is 1. The van der Waals surface area contributed by atoms with Crippen molar-refractivity contribution in [3.05, 3.63) is 59.7 Å². The molecule has 3 N–H and O–H groups in total. The van der Waals surface area contributed by atoms with Crippen LogP contribution in [-0.4, -0.2) is 44.0 Å². The average molecular weight is 521 g/mol. The molecule has 2 aromatic rings. The summed E-state index contributed by atoms with van der Waals surface area (Å²) in [7, 11) is -3.72. The number of hydrogen-bond donors (Lipinski definition) is 2. The molecule has 0 aliphatic carbocycles. The van der Waals surface area contributed by atoms with Gasteiger partial charge in [-0.3, -0.25) is 4.79 Å². The first-order valence-electron chi connectivity index (χ1n) is 10.0. The van der Waals surface area contributed by atoms with Crippen LogP contribution in [0.4, 0.5) is 18.9 Å². The van der Waals surface area contributed by atoms with E-state index in [0.717, 1.165) is 12.1 Å². The standard InChI is InChI=1S/C21H23F3N4O4S.ClH/c22-21(23,24)16-3-1-2-15(12-16)14-32-27-18-8-10-28(11-9-18)33(30,31)19-6-4-17(5-7-19)26-20(29)13-25;/h1-7,12H,8-11,13-14,25H2,(H,26,29);1H. The van der Waals surface area contributed by atoms with E-state index in [9.17, 15) is 26.4 Å². The van der Waals surface area contributed by atoms with E-state index < -0.39 is 21.8 Å². The van der Waals surface area contributed by atoms with Gasteiger partial charge >= 0.3 is 6.18 Å². The Morgan fingerprint density at radius 1 is 1.12 bits per heavy atom. The lowest BCUT2D eigenvalue weighted by atomic mass is 10.1. The zero-order chi connectivity index (χ0) is 24.1. The lowest BCUT2D eigenvalue weighted by molar-refractivity contribution is -0.137. The molecule has 1 saturated heterocycles. The third-order valence-electron chi connectivity index (χ3n) is 4.94. The minimum absolute atomic E-state index is 0. The number of nitrogens with zero attached hydrogens (tertiary/aromatic N) is 2. The van der Waals surface area contributed by atoms with Crippen molar-refractivity contribution in [2.24, 2.45) is 10.9 Å². The maximum absolute atomic E-state index is 12.9. The Labute approximate surface area is 201 Å². The average Bonchev–Trinajstić information content (AvgIpc) is 2.79. The van der Waals surface area contributed by atoms with Gasteiger partial charge < -0.3 is 15.9 Å². The van der Waals surface area contributed by atoms with Crippen LogP contribution in [0.1, 0.15) is 24.0 Å². The predicted molar refractivity (Wildman–Crippen MR) is 123 cm³/mol. The number of anilines is 1. The second-order valence-corrected chi connectivity index (χ2v) is 9.25. The van der Waals surface area contributed by atoms with E-state index >= 15 is 0 Å². The number of benzene rings is 2. The molecule has 0 radical (unpaired) electrons.